The molecule has 0 saturated carbocycles. The van der Waals surface area contributed by atoms with Crippen LogP contribution in [-0.2, 0) is 13.5 Å². The molecule has 1 aromatic heterocycles. The number of fused-ring (bicyclic) bond motifs is 6. The molecule has 1 saturated heterocycles. The van der Waals surface area contributed by atoms with E-state index in [1.165, 1.54) is 40.3 Å². The summed E-state index contributed by atoms with van der Waals surface area (Å²) in [6.07, 6.45) is 3.81. The van der Waals surface area contributed by atoms with Gasteiger partial charge >= 0.3 is 0 Å². The van der Waals surface area contributed by atoms with Gasteiger partial charge in [-0.2, -0.15) is 0 Å². The first-order chi connectivity index (χ1) is 8.25. The first kappa shape index (κ1) is 10.2. The number of aryl methyl sites for hydroxylation is 1. The lowest BCUT2D eigenvalue weighted by Gasteiger charge is -2.23. The minimum atomic E-state index is 0.585. The van der Waals surface area contributed by atoms with E-state index in [-0.39, 0.29) is 0 Å². The summed E-state index contributed by atoms with van der Waals surface area (Å²) in [5.74, 6) is 0. The van der Waals surface area contributed by atoms with Crippen LogP contribution in [0.4, 0.5) is 0 Å². The second-order valence-electron chi connectivity index (χ2n) is 5.25. The quantitative estimate of drug-likeness (QED) is 0.788. The Kier molecular flexibility index (Phi) is 2.01. The van der Waals surface area contributed by atoms with Crippen LogP contribution in [0.3, 0.4) is 0 Å². The molecule has 3 heterocycles. The van der Waals surface area contributed by atoms with Gasteiger partial charge in [0, 0.05) is 41.1 Å². The lowest BCUT2D eigenvalue weighted by Crippen LogP contribution is -2.32. The van der Waals surface area contributed by atoms with E-state index in [9.17, 15) is 0 Å². The summed E-state index contributed by atoms with van der Waals surface area (Å²) in [4.78, 5) is 0. The number of nitrogens with zero attached hydrogens (tertiary/aromatic N) is 1. The number of rotatable bonds is 0. The fraction of sp³-hybridized carbons (Fsp3) is 0.429. The third-order valence-corrected chi connectivity index (χ3v) is 5.00. The summed E-state index contributed by atoms with van der Waals surface area (Å²) in [7, 11) is 2.21. The van der Waals surface area contributed by atoms with Crippen LogP contribution in [0.5, 0.6) is 0 Å². The van der Waals surface area contributed by atoms with Gasteiger partial charge in [-0.3, -0.25) is 0 Å². The van der Waals surface area contributed by atoms with Gasteiger partial charge in [-0.25, -0.2) is 0 Å². The largest absolute Gasteiger partial charge is 0.346 e. The average Bonchev–Trinajstić information content (AvgIpc) is 2.82. The Bertz CT molecular complexity index is 614. The van der Waals surface area contributed by atoms with Gasteiger partial charge in [0.15, 0.2) is 0 Å². The van der Waals surface area contributed by atoms with Crippen LogP contribution in [0, 0.1) is 0 Å². The SMILES string of the molecule is Cn1c2c(c3cccc(Br)c31)C1CCC(C2)N1. The average molecular weight is 291 g/mol. The summed E-state index contributed by atoms with van der Waals surface area (Å²) in [5.41, 5.74) is 4.45. The molecule has 2 nitrogen and oxygen atoms in total. The molecule has 1 fully saturated rings. The number of aromatic nitrogens is 1. The summed E-state index contributed by atoms with van der Waals surface area (Å²) >= 11 is 3.69. The van der Waals surface area contributed by atoms with Crippen molar-refractivity contribution in [3.8, 4) is 0 Å². The van der Waals surface area contributed by atoms with Crippen molar-refractivity contribution in [2.75, 3.05) is 0 Å². The first-order valence-corrected chi connectivity index (χ1v) is 7.06. The highest BCUT2D eigenvalue weighted by Gasteiger charge is 2.35. The van der Waals surface area contributed by atoms with Crippen LogP contribution in [0.15, 0.2) is 22.7 Å². The van der Waals surface area contributed by atoms with E-state index in [0.29, 0.717) is 12.1 Å². The molecular formula is C14H15BrN2. The smallest absolute Gasteiger partial charge is 0.0627 e. The molecule has 0 amide bonds. The monoisotopic (exact) mass is 290 g/mol. The maximum atomic E-state index is 3.74. The van der Waals surface area contributed by atoms with Gasteiger partial charge in [-0.05, 0) is 40.4 Å². The fourth-order valence-corrected chi connectivity index (χ4v) is 4.25. The fourth-order valence-electron chi connectivity index (χ4n) is 3.62. The Balaban J connectivity index is 2.11. The Hall–Kier alpha value is -0.800. The van der Waals surface area contributed by atoms with Crippen molar-refractivity contribution in [3.63, 3.8) is 0 Å². The molecule has 2 aliphatic heterocycles. The van der Waals surface area contributed by atoms with Crippen LogP contribution in [0.25, 0.3) is 10.9 Å². The maximum absolute atomic E-state index is 3.74. The zero-order valence-corrected chi connectivity index (χ0v) is 11.4. The minimum absolute atomic E-state index is 0.585. The van der Waals surface area contributed by atoms with Gasteiger partial charge in [0.1, 0.15) is 0 Å². The van der Waals surface area contributed by atoms with Crippen LogP contribution >= 0.6 is 15.9 Å². The molecule has 1 N–H and O–H groups in total. The number of para-hydroxylation sites is 1. The molecule has 2 unspecified atom stereocenters. The summed E-state index contributed by atoms with van der Waals surface area (Å²) in [6, 6.07) is 7.84. The topological polar surface area (TPSA) is 17.0 Å². The Morgan fingerprint density at radius 3 is 3.12 bits per heavy atom. The van der Waals surface area contributed by atoms with Crippen molar-refractivity contribution >= 4 is 26.8 Å². The molecule has 2 bridgehead atoms. The highest BCUT2D eigenvalue weighted by atomic mass is 79.9. The van der Waals surface area contributed by atoms with Gasteiger partial charge in [0.2, 0.25) is 0 Å². The predicted octanol–water partition coefficient (Wildman–Crippen LogP) is 3.29. The Morgan fingerprint density at radius 1 is 1.35 bits per heavy atom. The molecule has 88 valence electrons. The zero-order chi connectivity index (χ0) is 11.6. The number of benzene rings is 1. The first-order valence-electron chi connectivity index (χ1n) is 6.27. The van der Waals surface area contributed by atoms with Crippen LogP contribution in [0.1, 0.15) is 30.1 Å². The van der Waals surface area contributed by atoms with E-state index in [4.69, 9.17) is 0 Å². The van der Waals surface area contributed by atoms with E-state index in [1.807, 2.05) is 0 Å². The van der Waals surface area contributed by atoms with Crippen molar-refractivity contribution < 1.29 is 0 Å². The molecule has 3 heteroatoms. The predicted molar refractivity (Wildman–Crippen MR) is 73.2 cm³/mol. The molecule has 0 spiro atoms. The van der Waals surface area contributed by atoms with E-state index in [2.05, 4.69) is 51.1 Å². The normalized spacial score (nSPS) is 26.5. The van der Waals surface area contributed by atoms with Crippen LogP contribution < -0.4 is 5.32 Å². The minimum Gasteiger partial charge on any atom is -0.346 e. The lowest BCUT2D eigenvalue weighted by atomic mass is 9.99. The van der Waals surface area contributed by atoms with Gasteiger partial charge in [0.25, 0.3) is 0 Å². The van der Waals surface area contributed by atoms with E-state index in [1.54, 1.807) is 5.56 Å². The molecule has 0 aliphatic carbocycles. The van der Waals surface area contributed by atoms with Gasteiger partial charge in [-0.15, -0.1) is 0 Å². The highest BCUT2D eigenvalue weighted by Crippen LogP contribution is 2.42. The molecule has 2 atom stereocenters. The molecule has 4 rings (SSSR count). The van der Waals surface area contributed by atoms with Crippen LogP contribution in [-0.4, -0.2) is 10.6 Å². The second kappa shape index (κ2) is 3.36. The van der Waals surface area contributed by atoms with Gasteiger partial charge in [-0.1, -0.05) is 12.1 Å². The van der Waals surface area contributed by atoms with Gasteiger partial charge in [0.05, 0.1) is 5.52 Å². The van der Waals surface area contributed by atoms with E-state index in [0.717, 1.165) is 0 Å². The molecule has 2 aliphatic rings. The summed E-state index contributed by atoms with van der Waals surface area (Å²) in [5, 5.41) is 5.17. The molecule has 17 heavy (non-hydrogen) atoms. The molecule has 2 aromatic rings. The van der Waals surface area contributed by atoms with Gasteiger partial charge < -0.3 is 9.88 Å². The number of halogens is 1. The number of hydrogen-bond donors (Lipinski definition) is 1. The molecular weight excluding hydrogens is 276 g/mol. The van der Waals surface area contributed by atoms with Crippen molar-refractivity contribution in [3.05, 3.63) is 33.9 Å². The standard InChI is InChI=1S/C14H15BrN2/c1-17-12-7-8-5-6-11(16-8)13(12)9-3-2-4-10(15)14(9)17/h2-4,8,11,16H,5-7H2,1H3. The third kappa shape index (κ3) is 1.24. The van der Waals surface area contributed by atoms with E-state index >= 15 is 0 Å². The van der Waals surface area contributed by atoms with Crippen molar-refractivity contribution in [1.82, 2.24) is 9.88 Å². The van der Waals surface area contributed by atoms with Crippen molar-refractivity contribution in [1.29, 1.82) is 0 Å². The molecule has 0 radical (unpaired) electrons. The highest BCUT2D eigenvalue weighted by molar-refractivity contribution is 9.10. The maximum Gasteiger partial charge on any atom is 0.0627 e. The van der Waals surface area contributed by atoms with Crippen molar-refractivity contribution in [2.45, 2.75) is 31.3 Å². The summed E-state index contributed by atoms with van der Waals surface area (Å²) < 4.78 is 3.60. The second-order valence-corrected chi connectivity index (χ2v) is 6.11. The third-order valence-electron chi connectivity index (χ3n) is 4.36. The lowest BCUT2D eigenvalue weighted by molar-refractivity contribution is 0.503. The Labute approximate surface area is 109 Å². The van der Waals surface area contributed by atoms with E-state index < -0.39 is 0 Å². The molecule has 1 aromatic carbocycles. The zero-order valence-electron chi connectivity index (χ0n) is 9.83. The Morgan fingerprint density at radius 2 is 2.24 bits per heavy atom. The summed E-state index contributed by atoms with van der Waals surface area (Å²) in [6.45, 7) is 0. The number of hydrogen-bond acceptors (Lipinski definition) is 1. The van der Waals surface area contributed by atoms with Crippen molar-refractivity contribution in [2.24, 2.45) is 7.05 Å². The number of nitrogens with one attached hydrogen (secondary N) is 1. The van der Waals surface area contributed by atoms with Crippen LogP contribution in [0.2, 0.25) is 0 Å².